The molecule has 0 radical (unpaired) electrons. The third-order valence-electron chi connectivity index (χ3n) is 4.07. The largest absolute Gasteiger partial charge is 0.472 e. The Morgan fingerprint density at radius 2 is 1.75 bits per heavy atom. The molecule has 2 heterocycles. The van der Waals surface area contributed by atoms with Gasteiger partial charge in [-0.2, -0.15) is 0 Å². The molecule has 2 aromatic carbocycles. The Balaban J connectivity index is 1.53. The summed E-state index contributed by atoms with van der Waals surface area (Å²) >= 11 is 0. The summed E-state index contributed by atoms with van der Waals surface area (Å²) in [5, 5.41) is 2.80. The van der Waals surface area contributed by atoms with Gasteiger partial charge in [-0.25, -0.2) is 9.37 Å². The van der Waals surface area contributed by atoms with Crippen molar-refractivity contribution in [1.82, 2.24) is 15.0 Å². The van der Waals surface area contributed by atoms with E-state index in [2.05, 4.69) is 20.3 Å². The fraction of sp³-hybridized carbons (Fsp3) is 0.0476. The number of fused-ring (bicyclic) bond motifs is 1. The minimum absolute atomic E-state index is 0.0322. The lowest BCUT2D eigenvalue weighted by Crippen LogP contribution is -2.14. The summed E-state index contributed by atoms with van der Waals surface area (Å²) in [5.41, 5.74) is 2.60. The number of hydrogen-bond donors (Lipinski definition) is 1. The quantitative estimate of drug-likeness (QED) is 0.571. The van der Waals surface area contributed by atoms with Gasteiger partial charge in [-0.1, -0.05) is 18.2 Å². The highest BCUT2D eigenvalue weighted by Gasteiger charge is 2.15. The molecule has 1 amide bonds. The predicted octanol–water partition coefficient (Wildman–Crippen LogP) is 4.00. The first-order valence-electron chi connectivity index (χ1n) is 8.54. The Labute approximate surface area is 160 Å². The van der Waals surface area contributed by atoms with E-state index in [0.29, 0.717) is 16.8 Å². The zero-order valence-electron chi connectivity index (χ0n) is 14.7. The van der Waals surface area contributed by atoms with Crippen LogP contribution < -0.4 is 10.1 Å². The molecule has 0 aliphatic carbocycles. The maximum absolute atomic E-state index is 13.8. The number of aromatic nitrogens is 3. The first-order valence-corrected chi connectivity index (χ1v) is 8.54. The summed E-state index contributed by atoms with van der Waals surface area (Å²) in [6, 6.07) is 14.8. The zero-order chi connectivity index (χ0) is 19.3. The van der Waals surface area contributed by atoms with Gasteiger partial charge < -0.3 is 10.1 Å². The van der Waals surface area contributed by atoms with Crippen LogP contribution in [0.3, 0.4) is 0 Å². The van der Waals surface area contributed by atoms with Crippen molar-refractivity contribution in [3.05, 3.63) is 90.1 Å². The Morgan fingerprint density at radius 3 is 2.61 bits per heavy atom. The Kier molecular flexibility index (Phi) is 4.88. The third-order valence-corrected chi connectivity index (χ3v) is 4.07. The Hall–Kier alpha value is -3.87. The number of anilines is 1. The number of ether oxygens (including phenoxy) is 1. The smallest absolute Gasteiger partial charge is 0.261 e. The Morgan fingerprint density at radius 1 is 0.929 bits per heavy atom. The number of carbonyl (C=O) groups is 1. The van der Waals surface area contributed by atoms with E-state index in [1.807, 2.05) is 0 Å². The second-order valence-corrected chi connectivity index (χ2v) is 5.95. The lowest BCUT2D eigenvalue weighted by Gasteiger charge is -2.11. The van der Waals surface area contributed by atoms with Crippen LogP contribution in [0, 0.1) is 5.82 Å². The molecule has 0 aliphatic rings. The molecule has 0 aliphatic heterocycles. The van der Waals surface area contributed by atoms with E-state index in [9.17, 15) is 9.18 Å². The SMILES string of the molecule is O=C(Nc1ccc2nccnc2c1)c1cccnc1OCc1ccccc1F. The minimum Gasteiger partial charge on any atom is -0.472 e. The van der Waals surface area contributed by atoms with Gasteiger partial charge in [0.1, 0.15) is 18.0 Å². The average molecular weight is 374 g/mol. The van der Waals surface area contributed by atoms with Gasteiger partial charge in [0.05, 0.1) is 11.0 Å². The van der Waals surface area contributed by atoms with Gasteiger partial charge in [0.2, 0.25) is 5.88 Å². The minimum atomic E-state index is -0.389. The van der Waals surface area contributed by atoms with Gasteiger partial charge in [0.15, 0.2) is 0 Å². The maximum Gasteiger partial charge on any atom is 0.261 e. The van der Waals surface area contributed by atoms with Gasteiger partial charge in [0, 0.05) is 29.8 Å². The fourth-order valence-electron chi connectivity index (χ4n) is 2.68. The maximum atomic E-state index is 13.8. The van der Waals surface area contributed by atoms with Crippen LogP contribution >= 0.6 is 0 Å². The van der Waals surface area contributed by atoms with Crippen LogP contribution in [-0.4, -0.2) is 20.9 Å². The number of pyridine rings is 1. The number of carbonyl (C=O) groups excluding carboxylic acids is 1. The van der Waals surface area contributed by atoms with Crippen LogP contribution in [0.4, 0.5) is 10.1 Å². The summed E-state index contributed by atoms with van der Waals surface area (Å²) < 4.78 is 19.4. The van der Waals surface area contributed by atoms with E-state index in [-0.39, 0.29) is 29.8 Å². The number of amides is 1. The standard InChI is InChI=1S/C21H15FN4O2/c22-17-6-2-1-4-14(17)13-28-21-16(5-3-9-25-21)20(27)26-15-7-8-18-19(12-15)24-11-10-23-18/h1-12H,13H2,(H,26,27). The van der Waals surface area contributed by atoms with Crippen molar-refractivity contribution in [3.8, 4) is 5.88 Å². The number of nitrogens with one attached hydrogen (secondary N) is 1. The fourth-order valence-corrected chi connectivity index (χ4v) is 2.68. The molecular weight excluding hydrogens is 359 g/mol. The lowest BCUT2D eigenvalue weighted by molar-refractivity contribution is 0.102. The molecule has 2 aromatic heterocycles. The number of halogens is 1. The molecule has 0 saturated heterocycles. The number of nitrogens with zero attached hydrogens (tertiary/aromatic N) is 3. The molecule has 7 heteroatoms. The van der Waals surface area contributed by atoms with Crippen molar-refractivity contribution >= 4 is 22.6 Å². The van der Waals surface area contributed by atoms with Crippen molar-refractivity contribution in [2.75, 3.05) is 5.32 Å². The second kappa shape index (κ2) is 7.79. The molecule has 0 bridgehead atoms. The van der Waals surface area contributed by atoms with Crippen LogP contribution in [-0.2, 0) is 6.61 Å². The summed E-state index contributed by atoms with van der Waals surface area (Å²) in [5.74, 6) is -0.634. The van der Waals surface area contributed by atoms with Gasteiger partial charge >= 0.3 is 0 Å². The van der Waals surface area contributed by atoms with Crippen LogP contribution in [0.25, 0.3) is 11.0 Å². The summed E-state index contributed by atoms with van der Waals surface area (Å²) in [6.45, 7) is -0.0322. The second-order valence-electron chi connectivity index (χ2n) is 5.95. The highest BCUT2D eigenvalue weighted by atomic mass is 19.1. The molecule has 0 unspecified atom stereocenters. The van der Waals surface area contributed by atoms with Crippen molar-refractivity contribution in [2.24, 2.45) is 0 Å². The van der Waals surface area contributed by atoms with Gasteiger partial charge in [-0.3, -0.25) is 14.8 Å². The van der Waals surface area contributed by atoms with Crippen LogP contribution in [0.15, 0.2) is 73.2 Å². The lowest BCUT2D eigenvalue weighted by atomic mass is 10.2. The van der Waals surface area contributed by atoms with Gasteiger partial charge in [0.25, 0.3) is 5.91 Å². The molecule has 4 rings (SSSR count). The molecule has 0 saturated carbocycles. The number of hydrogen-bond acceptors (Lipinski definition) is 5. The molecule has 6 nitrogen and oxygen atoms in total. The van der Waals surface area contributed by atoms with E-state index in [1.165, 1.54) is 12.3 Å². The molecule has 0 atom stereocenters. The number of benzene rings is 2. The molecule has 28 heavy (non-hydrogen) atoms. The van der Waals surface area contributed by atoms with Crippen LogP contribution in [0.2, 0.25) is 0 Å². The van der Waals surface area contributed by atoms with E-state index in [1.54, 1.807) is 60.9 Å². The first-order chi connectivity index (χ1) is 13.7. The topological polar surface area (TPSA) is 77.0 Å². The summed E-state index contributed by atoms with van der Waals surface area (Å²) in [6.07, 6.45) is 4.71. The average Bonchev–Trinajstić information content (AvgIpc) is 2.73. The Bertz CT molecular complexity index is 1150. The monoisotopic (exact) mass is 374 g/mol. The molecule has 138 valence electrons. The molecule has 4 aromatic rings. The highest BCUT2D eigenvalue weighted by molar-refractivity contribution is 6.06. The van der Waals surface area contributed by atoms with Gasteiger partial charge in [-0.05, 0) is 36.4 Å². The molecule has 0 fully saturated rings. The molecular formula is C21H15FN4O2. The highest BCUT2D eigenvalue weighted by Crippen LogP contribution is 2.20. The first kappa shape index (κ1) is 17.5. The van der Waals surface area contributed by atoms with Crippen LogP contribution in [0.5, 0.6) is 5.88 Å². The number of rotatable bonds is 5. The zero-order valence-corrected chi connectivity index (χ0v) is 14.7. The summed E-state index contributed by atoms with van der Waals surface area (Å²) in [7, 11) is 0. The normalized spacial score (nSPS) is 10.6. The molecule has 0 spiro atoms. The van der Waals surface area contributed by atoms with Gasteiger partial charge in [-0.15, -0.1) is 0 Å². The van der Waals surface area contributed by atoms with E-state index < -0.39 is 0 Å². The van der Waals surface area contributed by atoms with Crippen molar-refractivity contribution < 1.29 is 13.9 Å². The predicted molar refractivity (Wildman–Crippen MR) is 102 cm³/mol. The van der Waals surface area contributed by atoms with Crippen molar-refractivity contribution in [3.63, 3.8) is 0 Å². The van der Waals surface area contributed by atoms with Crippen molar-refractivity contribution in [1.29, 1.82) is 0 Å². The third kappa shape index (κ3) is 3.78. The van der Waals surface area contributed by atoms with E-state index in [0.717, 1.165) is 5.52 Å². The van der Waals surface area contributed by atoms with E-state index >= 15 is 0 Å². The van der Waals surface area contributed by atoms with E-state index in [4.69, 9.17) is 4.74 Å². The molecule has 1 N–H and O–H groups in total. The van der Waals surface area contributed by atoms with Crippen LogP contribution in [0.1, 0.15) is 15.9 Å². The summed E-state index contributed by atoms with van der Waals surface area (Å²) in [4.78, 5) is 25.2. The van der Waals surface area contributed by atoms with Crippen molar-refractivity contribution in [2.45, 2.75) is 6.61 Å².